The van der Waals surface area contributed by atoms with Gasteiger partial charge in [-0.05, 0) is 38.0 Å². The molecule has 0 spiro atoms. The fourth-order valence-electron chi connectivity index (χ4n) is 4.06. The highest BCUT2D eigenvalue weighted by Crippen LogP contribution is 2.40. The Kier molecular flexibility index (Phi) is 5.59. The molecule has 2 aliphatic rings. The lowest BCUT2D eigenvalue weighted by Gasteiger charge is -2.22. The Morgan fingerprint density at radius 2 is 1.73 bits per heavy atom. The number of anilines is 1. The molecule has 0 saturated heterocycles. The SMILES string of the molecule is COc1ccccc1C1=C(N2CCc3ccccc32)C(=O)N(CCOC(C)C)C1=O. The van der Waals surface area contributed by atoms with Gasteiger partial charge in [0.05, 0.1) is 31.9 Å². The number of ether oxygens (including phenoxy) is 2. The summed E-state index contributed by atoms with van der Waals surface area (Å²) in [5.41, 5.74) is 3.58. The summed E-state index contributed by atoms with van der Waals surface area (Å²) in [5.74, 6) is -0.0277. The molecule has 2 amide bonds. The van der Waals surface area contributed by atoms with Crippen molar-refractivity contribution >= 4 is 23.1 Å². The summed E-state index contributed by atoms with van der Waals surface area (Å²) in [6.45, 7) is 5.03. The Hall–Kier alpha value is -3.12. The molecule has 30 heavy (non-hydrogen) atoms. The largest absolute Gasteiger partial charge is 0.496 e. The van der Waals surface area contributed by atoms with E-state index in [0.29, 0.717) is 35.7 Å². The van der Waals surface area contributed by atoms with Crippen LogP contribution >= 0.6 is 0 Å². The second-order valence-corrected chi connectivity index (χ2v) is 7.64. The summed E-state index contributed by atoms with van der Waals surface area (Å²) in [4.78, 5) is 30.2. The van der Waals surface area contributed by atoms with Gasteiger partial charge in [-0.25, -0.2) is 0 Å². The first-order chi connectivity index (χ1) is 14.5. The van der Waals surface area contributed by atoms with Crippen molar-refractivity contribution in [2.45, 2.75) is 26.4 Å². The van der Waals surface area contributed by atoms with Crippen molar-refractivity contribution in [1.82, 2.24) is 4.90 Å². The molecule has 2 aliphatic heterocycles. The number of carbonyl (C=O) groups is 2. The zero-order valence-corrected chi connectivity index (χ0v) is 17.6. The van der Waals surface area contributed by atoms with Crippen LogP contribution in [-0.2, 0) is 20.7 Å². The molecule has 0 unspecified atom stereocenters. The van der Waals surface area contributed by atoms with E-state index in [1.54, 1.807) is 13.2 Å². The van der Waals surface area contributed by atoms with Gasteiger partial charge in [-0.3, -0.25) is 14.5 Å². The number of carbonyl (C=O) groups excluding carboxylic acids is 2. The fraction of sp³-hybridized carbons (Fsp3) is 0.333. The molecule has 0 aliphatic carbocycles. The molecular formula is C24H26N2O4. The number of hydrogen-bond donors (Lipinski definition) is 0. The third kappa shape index (κ3) is 3.48. The molecule has 6 nitrogen and oxygen atoms in total. The molecule has 4 rings (SSSR count). The predicted molar refractivity (Wildman–Crippen MR) is 115 cm³/mol. The van der Waals surface area contributed by atoms with Crippen molar-refractivity contribution in [2.75, 3.05) is 31.7 Å². The molecule has 0 saturated carbocycles. The van der Waals surface area contributed by atoms with Gasteiger partial charge in [0.25, 0.3) is 11.8 Å². The summed E-state index contributed by atoms with van der Waals surface area (Å²) in [7, 11) is 1.57. The highest BCUT2D eigenvalue weighted by Gasteiger charge is 2.43. The van der Waals surface area contributed by atoms with Crippen LogP contribution in [0.5, 0.6) is 5.75 Å². The minimum atomic E-state index is -0.309. The van der Waals surface area contributed by atoms with Gasteiger partial charge in [-0.2, -0.15) is 0 Å². The van der Waals surface area contributed by atoms with Crippen LogP contribution in [0.2, 0.25) is 0 Å². The first-order valence-electron chi connectivity index (χ1n) is 10.2. The lowest BCUT2D eigenvalue weighted by Crippen LogP contribution is -2.37. The van der Waals surface area contributed by atoms with Crippen LogP contribution in [0, 0.1) is 0 Å². The molecule has 6 heteroatoms. The fourth-order valence-corrected chi connectivity index (χ4v) is 4.06. The monoisotopic (exact) mass is 406 g/mol. The maximum Gasteiger partial charge on any atom is 0.278 e. The second-order valence-electron chi connectivity index (χ2n) is 7.64. The molecule has 156 valence electrons. The first-order valence-corrected chi connectivity index (χ1v) is 10.2. The molecular weight excluding hydrogens is 380 g/mol. The molecule has 0 N–H and O–H groups in total. The summed E-state index contributed by atoms with van der Waals surface area (Å²) in [5, 5.41) is 0. The first kappa shape index (κ1) is 20.2. The number of hydrogen-bond acceptors (Lipinski definition) is 5. The van der Waals surface area contributed by atoms with Gasteiger partial charge in [-0.15, -0.1) is 0 Å². The van der Waals surface area contributed by atoms with Crippen LogP contribution in [0.25, 0.3) is 5.57 Å². The van der Waals surface area contributed by atoms with E-state index in [0.717, 1.165) is 12.1 Å². The zero-order valence-electron chi connectivity index (χ0n) is 17.6. The highest BCUT2D eigenvalue weighted by molar-refractivity contribution is 6.37. The number of amides is 2. The number of fused-ring (bicyclic) bond motifs is 1. The molecule has 0 fully saturated rings. The van der Waals surface area contributed by atoms with Crippen molar-refractivity contribution < 1.29 is 19.1 Å². The van der Waals surface area contributed by atoms with Crippen LogP contribution in [0.3, 0.4) is 0 Å². The average molecular weight is 406 g/mol. The number of rotatable bonds is 7. The van der Waals surface area contributed by atoms with Crippen LogP contribution in [0.4, 0.5) is 5.69 Å². The number of imide groups is 1. The van der Waals surface area contributed by atoms with Gasteiger partial charge in [0, 0.05) is 17.8 Å². The van der Waals surface area contributed by atoms with Gasteiger partial charge in [0.1, 0.15) is 11.4 Å². The van der Waals surface area contributed by atoms with Crippen LogP contribution in [-0.4, -0.2) is 49.6 Å². The highest BCUT2D eigenvalue weighted by atomic mass is 16.5. The van der Waals surface area contributed by atoms with Crippen molar-refractivity contribution in [1.29, 1.82) is 0 Å². The Bertz CT molecular complexity index is 1010. The zero-order chi connectivity index (χ0) is 21.3. The van der Waals surface area contributed by atoms with Gasteiger partial charge < -0.3 is 14.4 Å². The molecule has 2 aromatic rings. The molecule has 0 radical (unpaired) electrons. The quantitative estimate of drug-likeness (QED) is 0.661. The van der Waals surface area contributed by atoms with Crippen LogP contribution in [0.15, 0.2) is 54.2 Å². The summed E-state index contributed by atoms with van der Waals surface area (Å²) in [6.07, 6.45) is 0.862. The van der Waals surface area contributed by atoms with E-state index in [1.807, 2.05) is 55.1 Å². The second kappa shape index (κ2) is 8.32. The lowest BCUT2D eigenvalue weighted by atomic mass is 10.0. The van der Waals surface area contributed by atoms with Crippen LogP contribution in [0.1, 0.15) is 25.0 Å². The van der Waals surface area contributed by atoms with E-state index in [4.69, 9.17) is 9.47 Å². The Morgan fingerprint density at radius 1 is 1.00 bits per heavy atom. The van der Waals surface area contributed by atoms with Gasteiger partial charge >= 0.3 is 0 Å². The van der Waals surface area contributed by atoms with Crippen molar-refractivity contribution in [3.63, 3.8) is 0 Å². The van der Waals surface area contributed by atoms with Crippen molar-refractivity contribution in [3.05, 3.63) is 65.4 Å². The molecule has 2 heterocycles. The van der Waals surface area contributed by atoms with Crippen molar-refractivity contribution in [2.24, 2.45) is 0 Å². The predicted octanol–water partition coefficient (Wildman–Crippen LogP) is 3.26. The minimum absolute atomic E-state index is 0.0318. The van der Waals surface area contributed by atoms with Gasteiger partial charge in [-0.1, -0.05) is 36.4 Å². The average Bonchev–Trinajstić information content (AvgIpc) is 3.27. The van der Waals surface area contributed by atoms with E-state index >= 15 is 0 Å². The van der Waals surface area contributed by atoms with Gasteiger partial charge in [0.2, 0.25) is 0 Å². The smallest absolute Gasteiger partial charge is 0.278 e. The summed E-state index contributed by atoms with van der Waals surface area (Å²) in [6, 6.07) is 15.3. The number of benzene rings is 2. The number of nitrogens with zero attached hydrogens (tertiary/aromatic N) is 2. The Labute approximate surface area is 176 Å². The topological polar surface area (TPSA) is 59.1 Å². The summed E-state index contributed by atoms with van der Waals surface area (Å²) < 4.78 is 11.1. The lowest BCUT2D eigenvalue weighted by molar-refractivity contribution is -0.138. The molecule has 2 aromatic carbocycles. The van der Waals surface area contributed by atoms with E-state index in [9.17, 15) is 9.59 Å². The van der Waals surface area contributed by atoms with E-state index in [1.165, 1.54) is 10.5 Å². The molecule has 0 bridgehead atoms. The third-order valence-corrected chi connectivity index (χ3v) is 5.44. The molecule has 0 atom stereocenters. The summed E-state index contributed by atoms with van der Waals surface area (Å²) >= 11 is 0. The molecule has 0 aromatic heterocycles. The van der Waals surface area contributed by atoms with E-state index < -0.39 is 0 Å². The normalized spacial score (nSPS) is 16.1. The number of para-hydroxylation sites is 2. The standard InChI is InChI=1S/C24H26N2O4/c1-16(2)30-15-14-26-23(27)21(18-9-5-7-11-20(18)29-3)22(24(26)28)25-13-12-17-8-4-6-10-19(17)25/h4-11,16H,12-15H2,1-3H3. The maximum atomic E-state index is 13.5. The number of methoxy groups -OCH3 is 1. The minimum Gasteiger partial charge on any atom is -0.496 e. The maximum absolute atomic E-state index is 13.5. The Balaban J connectivity index is 1.80. The third-order valence-electron chi connectivity index (χ3n) is 5.44. The van der Waals surface area contributed by atoms with Crippen LogP contribution < -0.4 is 9.64 Å². The Morgan fingerprint density at radius 3 is 2.50 bits per heavy atom. The van der Waals surface area contributed by atoms with E-state index in [2.05, 4.69) is 6.07 Å². The van der Waals surface area contributed by atoms with E-state index in [-0.39, 0.29) is 24.5 Å². The van der Waals surface area contributed by atoms with Gasteiger partial charge in [0.15, 0.2) is 0 Å². The van der Waals surface area contributed by atoms with Crippen molar-refractivity contribution in [3.8, 4) is 5.75 Å².